The highest BCUT2D eigenvalue weighted by Gasteiger charge is 2.47. The molecular formula is C9H15ClOS5. The van der Waals surface area contributed by atoms with Crippen molar-refractivity contribution in [3.63, 3.8) is 0 Å². The Morgan fingerprint density at radius 2 is 2.00 bits per heavy atom. The molecule has 16 heavy (non-hydrogen) atoms. The predicted octanol–water partition coefficient (Wildman–Crippen LogP) is 4.22. The number of hydrogen-bond donors (Lipinski definition) is 0. The summed E-state index contributed by atoms with van der Waals surface area (Å²) in [4.78, 5) is 0. The van der Waals surface area contributed by atoms with Crippen molar-refractivity contribution in [2.45, 2.75) is 20.2 Å². The van der Waals surface area contributed by atoms with Gasteiger partial charge in [0.25, 0.3) is 0 Å². The van der Waals surface area contributed by atoms with Crippen LogP contribution in [-0.2, 0) is 4.18 Å². The van der Waals surface area contributed by atoms with E-state index in [0.717, 1.165) is 23.5 Å². The third-order valence-electron chi connectivity index (χ3n) is 2.14. The Morgan fingerprint density at radius 1 is 1.31 bits per heavy atom. The van der Waals surface area contributed by atoms with Crippen molar-refractivity contribution in [1.82, 2.24) is 0 Å². The van der Waals surface area contributed by atoms with Crippen LogP contribution >= 0.6 is 70.7 Å². The van der Waals surface area contributed by atoms with E-state index in [1.54, 1.807) is 12.0 Å². The van der Waals surface area contributed by atoms with Crippen LogP contribution in [-0.4, -0.2) is 43.0 Å². The van der Waals surface area contributed by atoms with E-state index in [2.05, 4.69) is 47.0 Å². The van der Waals surface area contributed by atoms with Crippen LogP contribution in [0.3, 0.4) is 0 Å². The Balaban J connectivity index is 1.75. The van der Waals surface area contributed by atoms with Crippen molar-refractivity contribution in [3.8, 4) is 0 Å². The zero-order chi connectivity index (χ0) is 11.4. The van der Waals surface area contributed by atoms with Gasteiger partial charge in [0.2, 0.25) is 0 Å². The van der Waals surface area contributed by atoms with Gasteiger partial charge >= 0.3 is 0 Å². The zero-order valence-corrected chi connectivity index (χ0v) is 13.9. The van der Waals surface area contributed by atoms with E-state index in [-0.39, 0.29) is 0 Å². The van der Waals surface area contributed by atoms with Gasteiger partial charge in [-0.15, -0.1) is 58.6 Å². The lowest BCUT2D eigenvalue weighted by Gasteiger charge is -2.19. The quantitative estimate of drug-likeness (QED) is 0.420. The zero-order valence-electron chi connectivity index (χ0n) is 9.02. The molecule has 0 aromatic carbocycles. The van der Waals surface area contributed by atoms with E-state index in [0.29, 0.717) is 7.99 Å². The highest BCUT2D eigenvalue weighted by molar-refractivity contribution is 8.50. The molecular weight excluding hydrogens is 320 g/mol. The minimum atomic E-state index is 0.344. The molecule has 2 aliphatic rings. The topological polar surface area (TPSA) is 9.23 Å². The predicted molar refractivity (Wildman–Crippen MR) is 85.2 cm³/mol. The first kappa shape index (κ1) is 14.4. The summed E-state index contributed by atoms with van der Waals surface area (Å²) in [5, 5.41) is 1.38. The van der Waals surface area contributed by atoms with E-state index in [1.165, 1.54) is 11.5 Å². The highest BCUT2D eigenvalue weighted by Crippen LogP contribution is 2.67. The van der Waals surface area contributed by atoms with Crippen LogP contribution in [0.5, 0.6) is 0 Å². The van der Waals surface area contributed by atoms with Gasteiger partial charge in [0.1, 0.15) is 0 Å². The van der Waals surface area contributed by atoms with Crippen LogP contribution in [0.4, 0.5) is 0 Å². The summed E-state index contributed by atoms with van der Waals surface area (Å²) < 4.78 is 5.69. The van der Waals surface area contributed by atoms with Crippen LogP contribution in [0.15, 0.2) is 0 Å². The molecule has 3 atom stereocenters. The molecule has 1 spiro atoms. The number of thioether (sulfide) groups is 4. The van der Waals surface area contributed by atoms with Crippen molar-refractivity contribution in [3.05, 3.63) is 0 Å². The van der Waals surface area contributed by atoms with Crippen LogP contribution in [0.2, 0.25) is 0 Å². The third kappa shape index (κ3) is 3.75. The van der Waals surface area contributed by atoms with Gasteiger partial charge in [-0.25, -0.2) is 0 Å². The van der Waals surface area contributed by atoms with E-state index in [1.807, 2.05) is 6.92 Å². The molecule has 0 N–H and O–H groups in total. The van der Waals surface area contributed by atoms with Crippen molar-refractivity contribution in [2.24, 2.45) is 0 Å². The van der Waals surface area contributed by atoms with E-state index in [4.69, 9.17) is 15.8 Å². The molecule has 0 bridgehead atoms. The first-order chi connectivity index (χ1) is 7.78. The van der Waals surface area contributed by atoms with Gasteiger partial charge in [0.15, 0.2) is 2.74 Å². The fourth-order valence-electron chi connectivity index (χ4n) is 1.44. The van der Waals surface area contributed by atoms with Crippen molar-refractivity contribution in [2.75, 3.05) is 29.7 Å². The first-order valence-corrected chi connectivity index (χ1v) is 10.4. The minimum absolute atomic E-state index is 0.344. The van der Waals surface area contributed by atoms with Gasteiger partial charge in [-0.1, -0.05) is 0 Å². The molecule has 0 amide bonds. The summed E-state index contributed by atoms with van der Waals surface area (Å²) in [6.45, 7) is 2.84. The van der Waals surface area contributed by atoms with E-state index >= 15 is 0 Å². The van der Waals surface area contributed by atoms with Crippen LogP contribution < -0.4 is 0 Å². The average Bonchev–Trinajstić information content (AvgIpc) is 2.88. The second-order valence-electron chi connectivity index (χ2n) is 3.45. The molecule has 1 nitrogen and oxygen atoms in total. The Hall–Kier alpha value is 2.00. The van der Waals surface area contributed by atoms with Crippen LogP contribution in [0.25, 0.3) is 0 Å². The molecule has 0 aromatic heterocycles. The van der Waals surface area contributed by atoms with Crippen LogP contribution in [0, 0.1) is 0 Å². The summed E-state index contributed by atoms with van der Waals surface area (Å²) in [5.41, 5.74) is 0. The molecule has 2 saturated heterocycles. The summed E-state index contributed by atoms with van der Waals surface area (Å²) in [6, 6.07) is 0. The molecule has 7 heteroatoms. The number of alkyl halides is 1. The minimum Gasteiger partial charge on any atom is -0.316 e. The number of rotatable bonds is 5. The largest absolute Gasteiger partial charge is 0.316 e. The summed E-state index contributed by atoms with van der Waals surface area (Å²) >= 11 is 15.9. The molecule has 0 saturated carbocycles. The molecule has 0 aromatic rings. The Morgan fingerprint density at radius 3 is 2.62 bits per heavy atom. The second-order valence-corrected chi connectivity index (χ2v) is 11.6. The lowest BCUT2D eigenvalue weighted by Crippen LogP contribution is -2.08. The summed E-state index contributed by atoms with van der Waals surface area (Å²) in [7, 11) is 0. The molecule has 94 valence electrons. The maximum atomic E-state index is 5.93. The van der Waals surface area contributed by atoms with Gasteiger partial charge in [-0.3, -0.25) is 0 Å². The van der Waals surface area contributed by atoms with Gasteiger partial charge in [-0.05, 0) is 19.0 Å². The molecule has 0 aliphatic carbocycles. The highest BCUT2D eigenvalue weighted by atomic mass is 35.5. The lowest BCUT2D eigenvalue weighted by molar-refractivity contribution is 0.402. The standard InChI is InChI=1S/C9H15ClOS5/c1-2-11-14-6-8-5-13-9(16-8)12-4-7(3-10)15-9/h7-8H,2-6H2,1H3. The average molecular weight is 335 g/mol. The van der Waals surface area contributed by atoms with E-state index < -0.39 is 0 Å². The van der Waals surface area contributed by atoms with Crippen molar-refractivity contribution in [1.29, 1.82) is 0 Å². The summed E-state index contributed by atoms with van der Waals surface area (Å²) in [5.74, 6) is 4.36. The molecule has 3 unspecified atom stereocenters. The number of halogens is 1. The molecule has 2 fully saturated rings. The Bertz CT molecular complexity index is 232. The molecule has 2 aliphatic heterocycles. The third-order valence-corrected chi connectivity index (χ3v) is 11.9. The molecule has 2 heterocycles. The van der Waals surface area contributed by atoms with Crippen molar-refractivity contribution < 1.29 is 4.18 Å². The smallest absolute Gasteiger partial charge is 0.154 e. The van der Waals surface area contributed by atoms with Gasteiger partial charge < -0.3 is 4.18 Å². The monoisotopic (exact) mass is 334 g/mol. The Labute approximate surface area is 124 Å². The number of hydrogen-bond acceptors (Lipinski definition) is 6. The van der Waals surface area contributed by atoms with Gasteiger partial charge in [-0.2, -0.15) is 0 Å². The van der Waals surface area contributed by atoms with Gasteiger partial charge in [0.05, 0.1) is 6.61 Å². The fourth-order valence-corrected chi connectivity index (χ4v) is 11.2. The lowest BCUT2D eigenvalue weighted by atomic mass is 10.6. The van der Waals surface area contributed by atoms with Gasteiger partial charge in [0, 0.05) is 33.6 Å². The van der Waals surface area contributed by atoms with Crippen LogP contribution in [0.1, 0.15) is 6.92 Å². The molecule has 0 radical (unpaired) electrons. The SMILES string of the molecule is CCOSCC1CSC2(SCC(CCl)S2)S1. The Kier molecular flexibility index (Phi) is 6.27. The first-order valence-electron chi connectivity index (χ1n) is 5.22. The normalized spacial score (nSPS) is 38.6. The summed E-state index contributed by atoms with van der Waals surface area (Å²) in [6.07, 6.45) is 0. The maximum Gasteiger partial charge on any atom is 0.154 e. The molecule has 2 rings (SSSR count). The second kappa shape index (κ2) is 6.96. The fraction of sp³-hybridized carbons (Fsp3) is 1.00. The van der Waals surface area contributed by atoms with E-state index in [9.17, 15) is 0 Å². The van der Waals surface area contributed by atoms with Crippen molar-refractivity contribution >= 4 is 70.7 Å². The maximum absolute atomic E-state index is 5.93.